The number of nitrogen functional groups attached to an aromatic ring is 1. The Labute approximate surface area is 105 Å². The number of aromatic nitrogens is 2. The molecular formula is C13H15N3O2. The number of methoxy groups -OCH3 is 1. The molecule has 0 aliphatic rings. The van der Waals surface area contributed by atoms with Crippen molar-refractivity contribution in [3.8, 4) is 17.1 Å². The molecule has 94 valence electrons. The summed E-state index contributed by atoms with van der Waals surface area (Å²) in [6.07, 6.45) is 0.562. The second-order valence-corrected chi connectivity index (χ2v) is 3.86. The van der Waals surface area contributed by atoms with Gasteiger partial charge in [-0.2, -0.15) is 0 Å². The fourth-order valence-corrected chi connectivity index (χ4v) is 1.76. The molecule has 0 unspecified atom stereocenters. The Kier molecular flexibility index (Phi) is 3.32. The largest absolute Gasteiger partial charge is 0.497 e. The molecule has 1 aromatic carbocycles. The normalized spacial score (nSPS) is 10.3. The molecule has 5 nitrogen and oxygen atoms in total. The van der Waals surface area contributed by atoms with Gasteiger partial charge in [-0.1, -0.05) is 19.1 Å². The molecule has 0 saturated heterocycles. The number of H-pyrrole nitrogens is 1. The van der Waals surface area contributed by atoms with Gasteiger partial charge in [0.05, 0.1) is 12.7 Å². The second kappa shape index (κ2) is 4.91. The standard InChI is InChI=1S/C13H15N3O2/c1-3-10-11(14)15-12(16-13(10)17)8-5-4-6-9(7-8)18-2/h4-7H,3H2,1-2H3,(H3,14,15,16,17). The van der Waals surface area contributed by atoms with Crippen molar-refractivity contribution in [3.63, 3.8) is 0 Å². The van der Waals surface area contributed by atoms with Crippen LogP contribution in [-0.2, 0) is 6.42 Å². The van der Waals surface area contributed by atoms with Crippen LogP contribution >= 0.6 is 0 Å². The lowest BCUT2D eigenvalue weighted by atomic mass is 10.2. The van der Waals surface area contributed by atoms with Gasteiger partial charge < -0.3 is 15.5 Å². The molecule has 2 aromatic rings. The molecule has 18 heavy (non-hydrogen) atoms. The van der Waals surface area contributed by atoms with Crippen molar-refractivity contribution in [2.75, 3.05) is 12.8 Å². The molecule has 0 radical (unpaired) electrons. The van der Waals surface area contributed by atoms with Crippen molar-refractivity contribution in [2.24, 2.45) is 0 Å². The molecule has 0 aliphatic heterocycles. The Balaban J connectivity index is 2.54. The molecule has 0 aliphatic carbocycles. The van der Waals surface area contributed by atoms with Crippen molar-refractivity contribution >= 4 is 5.82 Å². The average molecular weight is 245 g/mol. The highest BCUT2D eigenvalue weighted by Crippen LogP contribution is 2.20. The van der Waals surface area contributed by atoms with Crippen molar-refractivity contribution in [2.45, 2.75) is 13.3 Å². The smallest absolute Gasteiger partial charge is 0.256 e. The third kappa shape index (κ3) is 2.20. The molecule has 0 saturated carbocycles. The van der Waals surface area contributed by atoms with Crippen LogP contribution in [0, 0.1) is 0 Å². The van der Waals surface area contributed by atoms with E-state index < -0.39 is 0 Å². The Morgan fingerprint density at radius 3 is 2.83 bits per heavy atom. The third-order valence-electron chi connectivity index (χ3n) is 2.74. The topological polar surface area (TPSA) is 81.0 Å². The van der Waals surface area contributed by atoms with Gasteiger partial charge in [-0.3, -0.25) is 4.79 Å². The van der Waals surface area contributed by atoms with E-state index in [2.05, 4.69) is 9.97 Å². The minimum absolute atomic E-state index is 0.192. The zero-order chi connectivity index (χ0) is 13.1. The van der Waals surface area contributed by atoms with Gasteiger partial charge in [0.25, 0.3) is 5.56 Å². The van der Waals surface area contributed by atoms with Crippen LogP contribution in [-0.4, -0.2) is 17.1 Å². The number of aromatic amines is 1. The number of hydrogen-bond donors (Lipinski definition) is 2. The predicted octanol–water partition coefficient (Wildman–Crippen LogP) is 1.59. The lowest BCUT2D eigenvalue weighted by molar-refractivity contribution is 0.415. The minimum atomic E-state index is -0.192. The molecule has 0 spiro atoms. The third-order valence-corrected chi connectivity index (χ3v) is 2.74. The summed E-state index contributed by atoms with van der Waals surface area (Å²) in [5, 5.41) is 0. The van der Waals surface area contributed by atoms with E-state index in [1.165, 1.54) is 0 Å². The van der Waals surface area contributed by atoms with Crippen LogP contribution in [0.3, 0.4) is 0 Å². The fourth-order valence-electron chi connectivity index (χ4n) is 1.76. The summed E-state index contributed by atoms with van der Waals surface area (Å²) in [6.45, 7) is 1.87. The Morgan fingerprint density at radius 1 is 1.44 bits per heavy atom. The van der Waals surface area contributed by atoms with E-state index in [4.69, 9.17) is 10.5 Å². The maximum atomic E-state index is 11.8. The molecule has 0 atom stereocenters. The van der Waals surface area contributed by atoms with Crippen LogP contribution in [0.2, 0.25) is 0 Å². The molecule has 0 bridgehead atoms. The van der Waals surface area contributed by atoms with Crippen LogP contribution in [0.25, 0.3) is 11.4 Å². The first-order valence-electron chi connectivity index (χ1n) is 5.68. The summed E-state index contributed by atoms with van der Waals surface area (Å²) in [7, 11) is 1.59. The molecule has 5 heteroatoms. The quantitative estimate of drug-likeness (QED) is 0.860. The number of nitrogens with zero attached hydrogens (tertiary/aromatic N) is 1. The van der Waals surface area contributed by atoms with Gasteiger partial charge in [-0.05, 0) is 18.6 Å². The SMILES string of the molecule is CCc1c(N)nc(-c2cccc(OC)c2)[nH]c1=O. The molecule has 1 aromatic heterocycles. The van der Waals surface area contributed by atoms with E-state index in [1.807, 2.05) is 25.1 Å². The van der Waals surface area contributed by atoms with Crippen LogP contribution < -0.4 is 16.0 Å². The van der Waals surface area contributed by atoms with Crippen LogP contribution in [0.1, 0.15) is 12.5 Å². The number of anilines is 1. The van der Waals surface area contributed by atoms with Gasteiger partial charge in [-0.25, -0.2) is 4.98 Å². The molecule has 1 heterocycles. The van der Waals surface area contributed by atoms with E-state index in [1.54, 1.807) is 13.2 Å². The predicted molar refractivity (Wildman–Crippen MR) is 70.6 cm³/mol. The van der Waals surface area contributed by atoms with Gasteiger partial charge >= 0.3 is 0 Å². The number of nitrogens with one attached hydrogen (secondary N) is 1. The second-order valence-electron chi connectivity index (χ2n) is 3.86. The van der Waals surface area contributed by atoms with Gasteiger partial charge in [0.1, 0.15) is 17.4 Å². The van der Waals surface area contributed by atoms with E-state index in [0.717, 1.165) is 5.56 Å². The van der Waals surface area contributed by atoms with E-state index in [-0.39, 0.29) is 11.4 Å². The number of ether oxygens (including phenoxy) is 1. The van der Waals surface area contributed by atoms with Gasteiger partial charge in [-0.15, -0.1) is 0 Å². The first kappa shape index (κ1) is 12.2. The van der Waals surface area contributed by atoms with Crippen molar-refractivity contribution in [1.82, 2.24) is 9.97 Å². The number of benzene rings is 1. The highest BCUT2D eigenvalue weighted by Gasteiger charge is 2.08. The van der Waals surface area contributed by atoms with Crippen LogP contribution in [0.5, 0.6) is 5.75 Å². The number of nitrogens with two attached hydrogens (primary N) is 1. The summed E-state index contributed by atoms with van der Waals surface area (Å²) in [6, 6.07) is 7.29. The maximum absolute atomic E-state index is 11.8. The van der Waals surface area contributed by atoms with Gasteiger partial charge in [0, 0.05) is 5.56 Å². The maximum Gasteiger partial charge on any atom is 0.256 e. The zero-order valence-electron chi connectivity index (χ0n) is 10.4. The van der Waals surface area contributed by atoms with Crippen LogP contribution in [0.15, 0.2) is 29.1 Å². The zero-order valence-corrected chi connectivity index (χ0v) is 10.4. The van der Waals surface area contributed by atoms with Crippen molar-refractivity contribution < 1.29 is 4.74 Å². The first-order chi connectivity index (χ1) is 8.65. The molecule has 0 amide bonds. The lowest BCUT2D eigenvalue weighted by Crippen LogP contribution is -2.17. The summed E-state index contributed by atoms with van der Waals surface area (Å²) in [5.74, 6) is 1.43. The first-order valence-corrected chi connectivity index (χ1v) is 5.68. The molecule has 3 N–H and O–H groups in total. The highest BCUT2D eigenvalue weighted by molar-refractivity contribution is 5.59. The molecular weight excluding hydrogens is 230 g/mol. The minimum Gasteiger partial charge on any atom is -0.497 e. The Morgan fingerprint density at radius 2 is 2.22 bits per heavy atom. The van der Waals surface area contributed by atoms with Gasteiger partial charge in [0.2, 0.25) is 0 Å². The molecule has 0 fully saturated rings. The fraction of sp³-hybridized carbons (Fsp3) is 0.231. The van der Waals surface area contributed by atoms with Gasteiger partial charge in [0.15, 0.2) is 0 Å². The van der Waals surface area contributed by atoms with E-state index in [9.17, 15) is 4.79 Å². The number of rotatable bonds is 3. The Hall–Kier alpha value is -2.30. The Bertz CT molecular complexity index is 620. The summed E-state index contributed by atoms with van der Waals surface area (Å²) >= 11 is 0. The van der Waals surface area contributed by atoms with Crippen LogP contribution in [0.4, 0.5) is 5.82 Å². The summed E-state index contributed by atoms with van der Waals surface area (Å²) < 4.78 is 5.13. The summed E-state index contributed by atoms with van der Waals surface area (Å²) in [4.78, 5) is 18.8. The average Bonchev–Trinajstić information content (AvgIpc) is 2.38. The van der Waals surface area contributed by atoms with Crippen molar-refractivity contribution in [3.05, 3.63) is 40.2 Å². The molecule has 2 rings (SSSR count). The highest BCUT2D eigenvalue weighted by atomic mass is 16.5. The lowest BCUT2D eigenvalue weighted by Gasteiger charge is -2.06. The van der Waals surface area contributed by atoms with E-state index in [0.29, 0.717) is 23.6 Å². The van der Waals surface area contributed by atoms with E-state index >= 15 is 0 Å². The number of hydrogen-bond acceptors (Lipinski definition) is 4. The monoisotopic (exact) mass is 245 g/mol. The summed E-state index contributed by atoms with van der Waals surface area (Å²) in [5.41, 5.74) is 6.87. The van der Waals surface area contributed by atoms with Crippen molar-refractivity contribution in [1.29, 1.82) is 0 Å².